The maximum Gasteiger partial charge on any atom is 0.483 e. The van der Waals surface area contributed by atoms with Crippen LogP contribution in [0.2, 0.25) is 0 Å². The van der Waals surface area contributed by atoms with Gasteiger partial charge in [0.05, 0.1) is 19.8 Å². The monoisotopic (exact) mass is 430 g/mol. The highest BCUT2D eigenvalue weighted by Gasteiger charge is 2.37. The molecule has 9 heteroatoms. The minimum Gasteiger partial charge on any atom is -0.302 e. The average molecular weight is 430 g/mol. The summed E-state index contributed by atoms with van der Waals surface area (Å²) in [4.78, 5) is 9.63. The van der Waals surface area contributed by atoms with E-state index >= 15 is 0 Å². The lowest BCUT2D eigenvalue weighted by atomic mass is 10.1. The van der Waals surface area contributed by atoms with E-state index in [0.29, 0.717) is 12.8 Å². The van der Waals surface area contributed by atoms with Crippen LogP contribution in [0.5, 0.6) is 0 Å². The molecule has 27 heavy (non-hydrogen) atoms. The Morgan fingerprint density at radius 3 is 1.44 bits per heavy atom. The molecule has 1 unspecified atom stereocenters. The first-order valence-corrected chi connectivity index (χ1v) is 13.4. The van der Waals surface area contributed by atoms with Crippen molar-refractivity contribution in [1.82, 2.24) is 0 Å². The zero-order chi connectivity index (χ0) is 20.4. The summed E-state index contributed by atoms with van der Waals surface area (Å²) >= 11 is 0. The molecule has 0 amide bonds. The summed E-state index contributed by atoms with van der Waals surface area (Å²) in [6, 6.07) is 0. The van der Waals surface area contributed by atoms with Gasteiger partial charge >= 0.3 is 15.6 Å². The highest BCUT2D eigenvalue weighted by Crippen LogP contribution is 2.63. The molecular formula is C18H40O7P2. The van der Waals surface area contributed by atoms with Gasteiger partial charge in [-0.3, -0.25) is 13.6 Å². The van der Waals surface area contributed by atoms with E-state index < -0.39 is 15.6 Å². The quantitative estimate of drug-likeness (QED) is 0.164. The van der Waals surface area contributed by atoms with Gasteiger partial charge in [0, 0.05) is 0 Å². The molecule has 0 aromatic rings. The van der Waals surface area contributed by atoms with Crippen LogP contribution >= 0.6 is 15.6 Å². The number of hydrogen-bond donors (Lipinski definition) is 1. The second-order valence-electron chi connectivity index (χ2n) is 6.62. The number of rotatable bonds is 20. The zero-order valence-electron chi connectivity index (χ0n) is 17.4. The molecule has 0 bridgehead atoms. The van der Waals surface area contributed by atoms with Gasteiger partial charge in [-0.25, -0.2) is 9.13 Å². The molecule has 0 aliphatic heterocycles. The molecule has 0 rings (SSSR count). The van der Waals surface area contributed by atoms with Crippen molar-refractivity contribution in [3.05, 3.63) is 0 Å². The van der Waals surface area contributed by atoms with E-state index in [1.54, 1.807) is 6.92 Å². The molecule has 0 aromatic carbocycles. The summed E-state index contributed by atoms with van der Waals surface area (Å²) in [5.74, 6) is 0. The molecule has 0 aromatic heterocycles. The van der Waals surface area contributed by atoms with E-state index in [1.807, 2.05) is 0 Å². The molecule has 0 fully saturated rings. The van der Waals surface area contributed by atoms with Crippen molar-refractivity contribution in [2.45, 2.75) is 97.8 Å². The normalized spacial score (nSPS) is 14.4. The Hall–Kier alpha value is 0.260. The lowest BCUT2D eigenvalue weighted by Gasteiger charge is -2.20. The lowest BCUT2D eigenvalue weighted by Crippen LogP contribution is -2.04. The smallest absolute Gasteiger partial charge is 0.302 e. The van der Waals surface area contributed by atoms with E-state index in [1.165, 1.54) is 25.7 Å². The molecule has 7 nitrogen and oxygen atoms in total. The van der Waals surface area contributed by atoms with Crippen molar-refractivity contribution in [1.29, 1.82) is 0 Å². The van der Waals surface area contributed by atoms with E-state index in [2.05, 4.69) is 18.4 Å². The summed E-state index contributed by atoms with van der Waals surface area (Å²) in [5.41, 5.74) is 0. The molecule has 0 aliphatic rings. The van der Waals surface area contributed by atoms with Gasteiger partial charge in [-0.2, -0.15) is 4.31 Å². The van der Waals surface area contributed by atoms with Crippen LogP contribution in [0.1, 0.15) is 97.8 Å². The van der Waals surface area contributed by atoms with Gasteiger partial charge in [0.15, 0.2) is 0 Å². The summed E-state index contributed by atoms with van der Waals surface area (Å²) in [5, 5.41) is 0. The zero-order valence-corrected chi connectivity index (χ0v) is 19.2. The Bertz CT molecular complexity index is 410. The minimum absolute atomic E-state index is 0.0391. The first-order chi connectivity index (χ1) is 12.9. The lowest BCUT2D eigenvalue weighted by molar-refractivity contribution is 0.126. The molecular weight excluding hydrogens is 390 g/mol. The Morgan fingerprint density at radius 2 is 1.04 bits per heavy atom. The van der Waals surface area contributed by atoms with Gasteiger partial charge in [-0.05, 0) is 19.8 Å². The first-order valence-electron chi connectivity index (χ1n) is 10.5. The van der Waals surface area contributed by atoms with Gasteiger partial charge < -0.3 is 4.89 Å². The van der Waals surface area contributed by atoms with Crippen LogP contribution in [0.25, 0.3) is 0 Å². The van der Waals surface area contributed by atoms with Crippen LogP contribution in [-0.2, 0) is 27.0 Å². The standard InChI is InChI=1S/C18H40O7P2/c1-4-7-9-11-13-15-17-23-27(21,25-26(19,20)22-6-3)24-18-16-14-12-10-8-5-2/h4-18H2,1-3H3,(H,19,20). The van der Waals surface area contributed by atoms with E-state index in [0.717, 1.165) is 38.5 Å². The second-order valence-corrected chi connectivity index (χ2v) is 9.88. The van der Waals surface area contributed by atoms with Crippen LogP contribution in [0, 0.1) is 0 Å². The van der Waals surface area contributed by atoms with Crippen molar-refractivity contribution < 1.29 is 31.9 Å². The summed E-state index contributed by atoms with van der Waals surface area (Å²) in [6.45, 7) is 6.14. The van der Waals surface area contributed by atoms with Crippen molar-refractivity contribution in [2.75, 3.05) is 19.8 Å². The number of phosphoric ester groups is 2. The maximum atomic E-state index is 12.7. The average Bonchev–Trinajstić information content (AvgIpc) is 2.59. The van der Waals surface area contributed by atoms with Crippen LogP contribution in [-0.4, -0.2) is 24.7 Å². The first kappa shape index (κ1) is 27.3. The molecule has 1 atom stereocenters. The van der Waals surface area contributed by atoms with Gasteiger partial charge in [0.1, 0.15) is 0 Å². The molecule has 164 valence electrons. The van der Waals surface area contributed by atoms with Gasteiger partial charge in [0.25, 0.3) is 0 Å². The van der Waals surface area contributed by atoms with E-state index in [4.69, 9.17) is 13.4 Å². The predicted molar refractivity (Wildman–Crippen MR) is 109 cm³/mol. The number of hydrogen-bond acceptors (Lipinski definition) is 6. The topological polar surface area (TPSA) is 91.3 Å². The van der Waals surface area contributed by atoms with E-state index in [-0.39, 0.29) is 19.8 Å². The fourth-order valence-corrected chi connectivity index (χ4v) is 5.20. The molecule has 0 saturated heterocycles. The fourth-order valence-electron chi connectivity index (χ4n) is 2.51. The highest BCUT2D eigenvalue weighted by atomic mass is 31.3. The molecule has 0 radical (unpaired) electrons. The summed E-state index contributed by atoms with van der Waals surface area (Å²) < 4.78 is 44.4. The van der Waals surface area contributed by atoms with Crippen molar-refractivity contribution in [3.8, 4) is 0 Å². The Kier molecular flexibility index (Phi) is 17.3. The van der Waals surface area contributed by atoms with Gasteiger partial charge in [-0.1, -0.05) is 78.1 Å². The van der Waals surface area contributed by atoms with Gasteiger partial charge in [-0.15, -0.1) is 0 Å². The Labute approximate surface area is 165 Å². The van der Waals surface area contributed by atoms with Crippen LogP contribution in [0.15, 0.2) is 0 Å². The van der Waals surface area contributed by atoms with Crippen LogP contribution < -0.4 is 0 Å². The molecule has 0 heterocycles. The third-order valence-electron chi connectivity index (χ3n) is 3.99. The highest BCUT2D eigenvalue weighted by molar-refractivity contribution is 7.61. The summed E-state index contributed by atoms with van der Waals surface area (Å²) in [6.07, 6.45) is 12.5. The van der Waals surface area contributed by atoms with Crippen molar-refractivity contribution in [2.24, 2.45) is 0 Å². The third kappa shape index (κ3) is 16.9. The molecule has 0 aliphatic carbocycles. The number of phosphoric acid groups is 2. The molecule has 0 spiro atoms. The third-order valence-corrected chi connectivity index (χ3v) is 7.20. The summed E-state index contributed by atoms with van der Waals surface area (Å²) in [7, 11) is -8.60. The van der Waals surface area contributed by atoms with Crippen LogP contribution in [0.3, 0.4) is 0 Å². The largest absolute Gasteiger partial charge is 0.483 e. The van der Waals surface area contributed by atoms with Crippen LogP contribution in [0.4, 0.5) is 0 Å². The fraction of sp³-hybridized carbons (Fsp3) is 1.00. The predicted octanol–water partition coefficient (Wildman–Crippen LogP) is 7.00. The Balaban J connectivity index is 4.32. The van der Waals surface area contributed by atoms with E-state index in [9.17, 15) is 14.0 Å². The minimum atomic E-state index is -4.47. The maximum absolute atomic E-state index is 12.7. The van der Waals surface area contributed by atoms with Gasteiger partial charge in [0.2, 0.25) is 0 Å². The SMILES string of the molecule is CCCCCCCCOP(=O)(OCCCCCCCC)OP(=O)(O)OCC. The second kappa shape index (κ2) is 17.1. The Morgan fingerprint density at radius 1 is 0.630 bits per heavy atom. The molecule has 1 N–H and O–H groups in total. The van der Waals surface area contributed by atoms with Crippen molar-refractivity contribution in [3.63, 3.8) is 0 Å². The molecule has 0 saturated carbocycles. The van der Waals surface area contributed by atoms with Crippen molar-refractivity contribution >= 4 is 15.6 Å². The number of unbranched alkanes of at least 4 members (excludes halogenated alkanes) is 10.